The molecule has 0 unspecified atom stereocenters. The average Bonchev–Trinajstić information content (AvgIpc) is 2.17. The maximum Gasteiger partial charge on any atom is 0.0343 e. The molecule has 1 aliphatic rings. The lowest BCUT2D eigenvalue weighted by atomic mass is 10.1. The van der Waals surface area contributed by atoms with Crippen molar-refractivity contribution in [2.24, 2.45) is 0 Å². The summed E-state index contributed by atoms with van der Waals surface area (Å²) in [4.78, 5) is 0. The predicted octanol–water partition coefficient (Wildman–Crippen LogP) is 2.67. The lowest BCUT2D eigenvalue weighted by Crippen LogP contribution is -2.19. The SMILES string of the molecule is CCN1Cc2ccccc2CS1. The van der Waals surface area contributed by atoms with Gasteiger partial charge in [-0.25, -0.2) is 4.31 Å². The van der Waals surface area contributed by atoms with E-state index in [1.165, 1.54) is 11.1 Å². The molecule has 0 saturated carbocycles. The third-order valence-corrected chi connectivity index (χ3v) is 3.41. The Labute approximate surface area is 77.9 Å². The molecule has 2 heteroatoms. The normalized spacial score (nSPS) is 17.4. The summed E-state index contributed by atoms with van der Waals surface area (Å²) in [6.07, 6.45) is 0. The van der Waals surface area contributed by atoms with Crippen LogP contribution in [0.25, 0.3) is 0 Å². The van der Waals surface area contributed by atoms with E-state index in [1.807, 2.05) is 11.9 Å². The highest BCUT2D eigenvalue weighted by Crippen LogP contribution is 2.27. The second-order valence-electron chi connectivity index (χ2n) is 3.00. The van der Waals surface area contributed by atoms with Gasteiger partial charge in [0.15, 0.2) is 0 Å². The minimum atomic E-state index is 1.11. The maximum absolute atomic E-state index is 2.41. The third kappa shape index (κ3) is 1.50. The predicted molar refractivity (Wildman–Crippen MR) is 53.8 cm³/mol. The Morgan fingerprint density at radius 1 is 1.33 bits per heavy atom. The van der Waals surface area contributed by atoms with Crippen molar-refractivity contribution in [3.8, 4) is 0 Å². The van der Waals surface area contributed by atoms with E-state index in [0.29, 0.717) is 0 Å². The Bertz CT molecular complexity index is 272. The summed E-state index contributed by atoms with van der Waals surface area (Å²) >= 11 is 1.94. The van der Waals surface area contributed by atoms with Crippen LogP contribution in [0, 0.1) is 0 Å². The number of hydrogen-bond donors (Lipinski definition) is 0. The summed E-state index contributed by atoms with van der Waals surface area (Å²) in [6.45, 7) is 4.46. The Hall–Kier alpha value is -0.470. The smallest absolute Gasteiger partial charge is 0.0343 e. The quantitative estimate of drug-likeness (QED) is 0.610. The minimum absolute atomic E-state index is 1.11. The van der Waals surface area contributed by atoms with E-state index in [2.05, 4.69) is 35.5 Å². The van der Waals surface area contributed by atoms with Crippen molar-refractivity contribution in [1.82, 2.24) is 4.31 Å². The van der Waals surface area contributed by atoms with Crippen molar-refractivity contribution in [1.29, 1.82) is 0 Å². The number of benzene rings is 1. The van der Waals surface area contributed by atoms with E-state index in [1.54, 1.807) is 0 Å². The summed E-state index contributed by atoms with van der Waals surface area (Å²) in [5, 5.41) is 0. The first kappa shape index (κ1) is 8.14. The van der Waals surface area contributed by atoms with Gasteiger partial charge in [0.1, 0.15) is 0 Å². The first-order chi connectivity index (χ1) is 5.90. The standard InChI is InChI=1S/C10H13NS/c1-2-11-7-9-5-3-4-6-10(9)8-12-11/h3-6H,2,7-8H2,1H3. The molecule has 0 saturated heterocycles. The highest BCUT2D eigenvalue weighted by atomic mass is 32.2. The van der Waals surface area contributed by atoms with Crippen molar-refractivity contribution in [2.45, 2.75) is 19.2 Å². The van der Waals surface area contributed by atoms with Gasteiger partial charge in [-0.2, -0.15) is 0 Å². The monoisotopic (exact) mass is 179 g/mol. The van der Waals surface area contributed by atoms with Crippen molar-refractivity contribution in [3.05, 3.63) is 35.4 Å². The molecule has 1 aromatic carbocycles. The molecule has 0 spiro atoms. The molecule has 1 aliphatic heterocycles. The zero-order valence-electron chi connectivity index (χ0n) is 7.29. The molecular weight excluding hydrogens is 166 g/mol. The number of rotatable bonds is 1. The highest BCUT2D eigenvalue weighted by Gasteiger charge is 2.13. The summed E-state index contributed by atoms with van der Waals surface area (Å²) in [5.74, 6) is 1.14. The van der Waals surface area contributed by atoms with Gasteiger partial charge in [-0.15, -0.1) is 0 Å². The average molecular weight is 179 g/mol. The molecule has 12 heavy (non-hydrogen) atoms. The van der Waals surface area contributed by atoms with E-state index in [-0.39, 0.29) is 0 Å². The molecule has 2 rings (SSSR count). The third-order valence-electron chi connectivity index (χ3n) is 2.22. The largest absolute Gasteiger partial charge is 0.246 e. The van der Waals surface area contributed by atoms with Crippen molar-refractivity contribution >= 4 is 11.9 Å². The molecular formula is C10H13NS. The zero-order chi connectivity index (χ0) is 8.39. The van der Waals surface area contributed by atoms with Crippen LogP contribution in [0.5, 0.6) is 0 Å². The van der Waals surface area contributed by atoms with E-state index in [0.717, 1.165) is 18.8 Å². The van der Waals surface area contributed by atoms with Crippen molar-refractivity contribution in [3.63, 3.8) is 0 Å². The van der Waals surface area contributed by atoms with Crippen LogP contribution >= 0.6 is 11.9 Å². The van der Waals surface area contributed by atoms with Crippen LogP contribution in [0.3, 0.4) is 0 Å². The minimum Gasteiger partial charge on any atom is -0.246 e. The molecule has 0 bridgehead atoms. The van der Waals surface area contributed by atoms with Gasteiger partial charge in [0.05, 0.1) is 0 Å². The fourth-order valence-corrected chi connectivity index (χ4v) is 2.47. The van der Waals surface area contributed by atoms with Crippen LogP contribution in [0.15, 0.2) is 24.3 Å². The van der Waals surface area contributed by atoms with E-state index in [4.69, 9.17) is 0 Å². The van der Waals surface area contributed by atoms with Gasteiger partial charge < -0.3 is 0 Å². The Morgan fingerprint density at radius 2 is 2.08 bits per heavy atom. The number of fused-ring (bicyclic) bond motifs is 1. The van der Waals surface area contributed by atoms with Crippen LogP contribution in [-0.2, 0) is 12.3 Å². The molecule has 0 amide bonds. The Balaban J connectivity index is 2.23. The van der Waals surface area contributed by atoms with Crippen molar-refractivity contribution in [2.75, 3.05) is 6.54 Å². The Kier molecular flexibility index (Phi) is 2.38. The topological polar surface area (TPSA) is 3.24 Å². The molecule has 0 atom stereocenters. The summed E-state index contributed by atoms with van der Waals surface area (Å²) in [7, 11) is 0. The van der Waals surface area contributed by atoms with Gasteiger partial charge >= 0.3 is 0 Å². The fraction of sp³-hybridized carbons (Fsp3) is 0.400. The molecule has 0 aromatic heterocycles. The summed E-state index contributed by atoms with van der Waals surface area (Å²) < 4.78 is 2.41. The van der Waals surface area contributed by atoms with E-state index in [9.17, 15) is 0 Å². The van der Waals surface area contributed by atoms with Gasteiger partial charge in [0, 0.05) is 18.8 Å². The van der Waals surface area contributed by atoms with E-state index >= 15 is 0 Å². The lowest BCUT2D eigenvalue weighted by Gasteiger charge is -2.26. The second-order valence-corrected chi connectivity index (χ2v) is 4.06. The lowest BCUT2D eigenvalue weighted by molar-refractivity contribution is 0.483. The molecule has 0 fully saturated rings. The fourth-order valence-electron chi connectivity index (χ4n) is 1.45. The van der Waals surface area contributed by atoms with E-state index < -0.39 is 0 Å². The van der Waals surface area contributed by atoms with Crippen LogP contribution in [0.4, 0.5) is 0 Å². The van der Waals surface area contributed by atoms with Crippen LogP contribution < -0.4 is 0 Å². The van der Waals surface area contributed by atoms with Gasteiger partial charge in [0.2, 0.25) is 0 Å². The first-order valence-corrected chi connectivity index (χ1v) is 5.29. The highest BCUT2D eigenvalue weighted by molar-refractivity contribution is 7.96. The summed E-state index contributed by atoms with van der Waals surface area (Å²) in [5.41, 5.74) is 3.00. The second kappa shape index (κ2) is 3.50. The molecule has 1 aromatic rings. The molecule has 64 valence electrons. The number of nitrogens with zero attached hydrogens (tertiary/aromatic N) is 1. The maximum atomic E-state index is 2.41. The zero-order valence-corrected chi connectivity index (χ0v) is 8.10. The van der Waals surface area contributed by atoms with Crippen molar-refractivity contribution < 1.29 is 0 Å². The molecule has 1 nitrogen and oxygen atoms in total. The molecule has 0 N–H and O–H groups in total. The molecule has 0 aliphatic carbocycles. The van der Waals surface area contributed by atoms with Gasteiger partial charge in [-0.1, -0.05) is 43.1 Å². The van der Waals surface area contributed by atoms with Gasteiger partial charge in [-0.05, 0) is 11.1 Å². The Morgan fingerprint density at radius 3 is 2.83 bits per heavy atom. The number of hydrogen-bond acceptors (Lipinski definition) is 2. The summed E-state index contributed by atoms with van der Waals surface area (Å²) in [6, 6.07) is 8.72. The first-order valence-electron chi connectivity index (χ1n) is 4.35. The van der Waals surface area contributed by atoms with Crippen LogP contribution in [0.1, 0.15) is 18.1 Å². The van der Waals surface area contributed by atoms with Crippen LogP contribution in [0.2, 0.25) is 0 Å². The molecule has 1 heterocycles. The van der Waals surface area contributed by atoms with Gasteiger partial charge in [0.25, 0.3) is 0 Å². The molecule has 0 radical (unpaired) electrons. The van der Waals surface area contributed by atoms with Gasteiger partial charge in [-0.3, -0.25) is 0 Å². The van der Waals surface area contributed by atoms with Crippen LogP contribution in [-0.4, -0.2) is 10.8 Å².